The number of hydrogen-bond acceptors (Lipinski definition) is 4. The Balaban J connectivity index is 2.09. The fourth-order valence-corrected chi connectivity index (χ4v) is 2.31. The van der Waals surface area contributed by atoms with Gasteiger partial charge in [0.05, 0.1) is 17.3 Å². The van der Waals surface area contributed by atoms with Crippen LogP contribution in [0.3, 0.4) is 0 Å². The molecule has 0 bridgehead atoms. The van der Waals surface area contributed by atoms with Crippen LogP contribution in [-0.4, -0.2) is 24.7 Å². The Kier molecular flexibility index (Phi) is 5.95. The molecular formula is C12H22N2OS. The molecule has 0 saturated carbocycles. The third kappa shape index (κ3) is 5.05. The molecule has 1 aromatic heterocycles. The van der Waals surface area contributed by atoms with E-state index in [1.807, 2.05) is 6.92 Å². The Morgan fingerprint density at radius 1 is 1.38 bits per heavy atom. The normalized spacial score (nSPS) is 11.3. The van der Waals surface area contributed by atoms with Crippen molar-refractivity contribution in [3.8, 4) is 0 Å². The largest absolute Gasteiger partial charge is 0.380 e. The van der Waals surface area contributed by atoms with Gasteiger partial charge in [-0.3, -0.25) is 0 Å². The molecule has 0 aromatic carbocycles. The van der Waals surface area contributed by atoms with Gasteiger partial charge in [0.2, 0.25) is 0 Å². The highest BCUT2D eigenvalue weighted by atomic mass is 32.1. The summed E-state index contributed by atoms with van der Waals surface area (Å²) < 4.78 is 5.49. The number of hydrogen-bond donors (Lipinski definition) is 1. The van der Waals surface area contributed by atoms with Crippen LogP contribution in [-0.2, 0) is 11.3 Å². The highest BCUT2D eigenvalue weighted by molar-refractivity contribution is 7.11. The summed E-state index contributed by atoms with van der Waals surface area (Å²) in [6.45, 7) is 11.9. The molecule has 0 saturated heterocycles. The zero-order valence-electron chi connectivity index (χ0n) is 10.7. The van der Waals surface area contributed by atoms with Crippen molar-refractivity contribution < 1.29 is 4.74 Å². The molecule has 1 heterocycles. The molecule has 0 unspecified atom stereocenters. The van der Waals surface area contributed by atoms with Crippen LogP contribution in [0.25, 0.3) is 0 Å². The van der Waals surface area contributed by atoms with Crippen LogP contribution >= 0.6 is 11.3 Å². The number of ether oxygens (including phenoxy) is 1. The predicted molar refractivity (Wildman–Crippen MR) is 69.0 cm³/mol. The summed E-state index contributed by atoms with van der Waals surface area (Å²) in [5.74, 6) is 0.617. The molecule has 3 nitrogen and oxygen atoms in total. The number of nitrogens with zero attached hydrogens (tertiary/aromatic N) is 1. The van der Waals surface area contributed by atoms with Crippen molar-refractivity contribution in [3.63, 3.8) is 0 Å². The lowest BCUT2D eigenvalue weighted by atomic mass is 10.2. The summed E-state index contributed by atoms with van der Waals surface area (Å²) in [7, 11) is 0. The first kappa shape index (κ1) is 13.6. The summed E-state index contributed by atoms with van der Waals surface area (Å²) in [5.41, 5.74) is 1.15. The lowest BCUT2D eigenvalue weighted by Gasteiger charge is -2.07. The predicted octanol–water partition coefficient (Wildman–Crippen LogP) is 2.52. The second-order valence-electron chi connectivity index (χ2n) is 4.39. The fraction of sp³-hybridized carbons (Fsp3) is 0.750. The van der Waals surface area contributed by atoms with E-state index in [2.05, 4.69) is 31.1 Å². The molecule has 0 aliphatic carbocycles. The van der Waals surface area contributed by atoms with Gasteiger partial charge in [-0.2, -0.15) is 0 Å². The van der Waals surface area contributed by atoms with Crippen LogP contribution < -0.4 is 5.32 Å². The molecule has 1 aromatic rings. The summed E-state index contributed by atoms with van der Waals surface area (Å²) >= 11 is 1.77. The smallest absolute Gasteiger partial charge is 0.0900 e. The van der Waals surface area contributed by atoms with Crippen LogP contribution in [0.2, 0.25) is 0 Å². The quantitative estimate of drug-likeness (QED) is 0.746. The molecule has 92 valence electrons. The Hall–Kier alpha value is -0.450. The van der Waals surface area contributed by atoms with E-state index in [4.69, 9.17) is 4.74 Å². The average molecular weight is 242 g/mol. The standard InChI is InChI=1S/C12H22N2OS/c1-9(2)8-15-6-5-13-7-12-10(3)14-11(4)16-12/h9,13H,5-8H2,1-4H3. The monoisotopic (exact) mass is 242 g/mol. The van der Waals surface area contributed by atoms with Crippen LogP contribution in [0.5, 0.6) is 0 Å². The van der Waals surface area contributed by atoms with Gasteiger partial charge in [0.15, 0.2) is 0 Å². The Morgan fingerprint density at radius 3 is 2.69 bits per heavy atom. The third-order valence-corrected chi connectivity index (χ3v) is 3.23. The minimum absolute atomic E-state index is 0.617. The van der Waals surface area contributed by atoms with E-state index >= 15 is 0 Å². The number of aromatic nitrogens is 1. The van der Waals surface area contributed by atoms with Crippen LogP contribution in [0.1, 0.15) is 29.4 Å². The maximum absolute atomic E-state index is 5.49. The molecule has 4 heteroatoms. The summed E-state index contributed by atoms with van der Waals surface area (Å²) in [5, 5.41) is 4.52. The van der Waals surface area contributed by atoms with E-state index in [1.54, 1.807) is 11.3 Å². The highest BCUT2D eigenvalue weighted by Crippen LogP contribution is 2.16. The van der Waals surface area contributed by atoms with E-state index in [0.29, 0.717) is 5.92 Å². The molecule has 1 rings (SSSR count). The molecule has 0 fully saturated rings. The first-order valence-corrected chi connectivity index (χ1v) is 6.62. The van der Waals surface area contributed by atoms with E-state index in [0.717, 1.165) is 37.0 Å². The molecule has 16 heavy (non-hydrogen) atoms. The van der Waals surface area contributed by atoms with Gasteiger partial charge in [-0.25, -0.2) is 4.98 Å². The first-order valence-electron chi connectivity index (χ1n) is 5.81. The fourth-order valence-electron chi connectivity index (χ4n) is 1.40. The molecule has 0 atom stereocenters. The van der Waals surface area contributed by atoms with Crippen LogP contribution in [0.15, 0.2) is 0 Å². The van der Waals surface area contributed by atoms with Gasteiger partial charge in [-0.15, -0.1) is 11.3 Å². The van der Waals surface area contributed by atoms with Crippen LogP contribution in [0, 0.1) is 19.8 Å². The lowest BCUT2D eigenvalue weighted by Crippen LogP contribution is -2.20. The zero-order chi connectivity index (χ0) is 12.0. The van der Waals surface area contributed by atoms with Crippen molar-refractivity contribution in [3.05, 3.63) is 15.6 Å². The second-order valence-corrected chi connectivity index (χ2v) is 5.67. The zero-order valence-corrected chi connectivity index (χ0v) is 11.5. The van der Waals surface area contributed by atoms with Gasteiger partial charge in [-0.1, -0.05) is 13.8 Å². The number of thiazole rings is 1. The van der Waals surface area contributed by atoms with Gasteiger partial charge < -0.3 is 10.1 Å². The Morgan fingerprint density at radius 2 is 2.12 bits per heavy atom. The highest BCUT2D eigenvalue weighted by Gasteiger charge is 2.03. The minimum atomic E-state index is 0.617. The van der Waals surface area contributed by atoms with Gasteiger partial charge >= 0.3 is 0 Å². The topological polar surface area (TPSA) is 34.2 Å². The van der Waals surface area contributed by atoms with Crippen molar-refractivity contribution in [2.45, 2.75) is 34.2 Å². The maximum Gasteiger partial charge on any atom is 0.0900 e. The van der Waals surface area contributed by atoms with Crippen molar-refractivity contribution >= 4 is 11.3 Å². The van der Waals surface area contributed by atoms with Crippen molar-refractivity contribution in [1.29, 1.82) is 0 Å². The van der Waals surface area contributed by atoms with Crippen LogP contribution in [0.4, 0.5) is 0 Å². The number of nitrogens with one attached hydrogen (secondary N) is 1. The Labute approximate surface area is 102 Å². The second kappa shape index (κ2) is 6.99. The number of aryl methyl sites for hydroxylation is 2. The van der Waals surface area contributed by atoms with Crippen molar-refractivity contribution in [2.24, 2.45) is 5.92 Å². The van der Waals surface area contributed by atoms with E-state index in [9.17, 15) is 0 Å². The molecule has 0 aliphatic heterocycles. The molecule has 0 amide bonds. The first-order chi connectivity index (χ1) is 7.59. The molecule has 0 radical (unpaired) electrons. The van der Waals surface area contributed by atoms with E-state index < -0.39 is 0 Å². The van der Waals surface area contributed by atoms with Gasteiger partial charge in [0.1, 0.15) is 0 Å². The number of rotatable bonds is 7. The molecule has 0 aliphatic rings. The van der Waals surface area contributed by atoms with Gasteiger partial charge in [0, 0.05) is 24.6 Å². The summed E-state index contributed by atoms with van der Waals surface area (Å²) in [4.78, 5) is 5.73. The Bertz CT molecular complexity index is 310. The molecule has 0 spiro atoms. The lowest BCUT2D eigenvalue weighted by molar-refractivity contribution is 0.111. The van der Waals surface area contributed by atoms with Gasteiger partial charge in [0.25, 0.3) is 0 Å². The van der Waals surface area contributed by atoms with Crippen molar-refractivity contribution in [2.75, 3.05) is 19.8 Å². The minimum Gasteiger partial charge on any atom is -0.380 e. The summed E-state index contributed by atoms with van der Waals surface area (Å²) in [6.07, 6.45) is 0. The average Bonchev–Trinajstić information content (AvgIpc) is 2.50. The SMILES string of the molecule is Cc1nc(C)c(CNCCOCC(C)C)s1. The van der Waals surface area contributed by atoms with E-state index in [1.165, 1.54) is 4.88 Å². The summed E-state index contributed by atoms with van der Waals surface area (Å²) in [6, 6.07) is 0. The van der Waals surface area contributed by atoms with Gasteiger partial charge in [-0.05, 0) is 19.8 Å². The third-order valence-electron chi connectivity index (χ3n) is 2.16. The van der Waals surface area contributed by atoms with E-state index in [-0.39, 0.29) is 0 Å². The molecular weight excluding hydrogens is 220 g/mol. The maximum atomic E-state index is 5.49. The van der Waals surface area contributed by atoms with Crippen molar-refractivity contribution in [1.82, 2.24) is 10.3 Å². The molecule has 1 N–H and O–H groups in total.